The van der Waals surface area contributed by atoms with Crippen LogP contribution < -0.4 is 10.1 Å². The first-order chi connectivity index (χ1) is 13.4. The second-order valence-electron chi connectivity index (χ2n) is 7.39. The van der Waals surface area contributed by atoms with Crippen molar-refractivity contribution in [3.05, 3.63) is 54.1 Å². The zero-order valence-electron chi connectivity index (χ0n) is 15.6. The van der Waals surface area contributed by atoms with Crippen LogP contribution in [0.15, 0.2) is 45.7 Å². The van der Waals surface area contributed by atoms with Gasteiger partial charge in [0.05, 0.1) is 17.9 Å². The zero-order chi connectivity index (χ0) is 19.7. The van der Waals surface area contributed by atoms with Crippen molar-refractivity contribution in [2.45, 2.75) is 44.8 Å². The Morgan fingerprint density at radius 3 is 3.00 bits per heavy atom. The lowest BCUT2D eigenvalue weighted by Crippen LogP contribution is -2.41. The second kappa shape index (κ2) is 7.10. The summed E-state index contributed by atoms with van der Waals surface area (Å²) in [6.45, 7) is 3.83. The molecule has 1 N–H and O–H groups in total. The van der Waals surface area contributed by atoms with Gasteiger partial charge in [-0.25, -0.2) is 4.39 Å². The molecule has 0 fully saturated rings. The van der Waals surface area contributed by atoms with Crippen LogP contribution in [0, 0.1) is 5.82 Å². The molecule has 0 spiro atoms. The molecule has 7 nitrogen and oxygen atoms in total. The van der Waals surface area contributed by atoms with Gasteiger partial charge in [-0.2, -0.15) is 4.98 Å². The molecule has 1 aliphatic heterocycles. The normalized spacial score (nSPS) is 17.6. The van der Waals surface area contributed by atoms with Crippen molar-refractivity contribution in [3.63, 3.8) is 0 Å². The summed E-state index contributed by atoms with van der Waals surface area (Å²) in [6, 6.07) is 5.85. The highest BCUT2D eigenvalue weighted by Gasteiger charge is 2.34. The molecule has 4 rings (SSSR count). The highest BCUT2D eigenvalue weighted by atomic mass is 19.1. The average Bonchev–Trinajstić information content (AvgIpc) is 3.30. The molecular weight excluding hydrogens is 365 g/mol. The molecule has 146 valence electrons. The molecule has 0 bridgehead atoms. The predicted molar refractivity (Wildman–Crippen MR) is 96.9 cm³/mol. The molecule has 0 radical (unpaired) electrons. The van der Waals surface area contributed by atoms with E-state index in [1.165, 1.54) is 24.7 Å². The maximum atomic E-state index is 13.6. The van der Waals surface area contributed by atoms with E-state index in [9.17, 15) is 9.18 Å². The number of fused-ring (bicyclic) bond motifs is 1. The Morgan fingerprint density at radius 1 is 1.36 bits per heavy atom. The first-order valence-corrected chi connectivity index (χ1v) is 9.03. The van der Waals surface area contributed by atoms with E-state index in [0.717, 1.165) is 5.56 Å². The van der Waals surface area contributed by atoms with E-state index in [2.05, 4.69) is 15.5 Å². The van der Waals surface area contributed by atoms with E-state index in [4.69, 9.17) is 13.7 Å². The Bertz CT molecular complexity index is 981. The molecule has 1 aromatic carbocycles. The van der Waals surface area contributed by atoms with Crippen LogP contribution in [-0.2, 0) is 11.2 Å². The summed E-state index contributed by atoms with van der Waals surface area (Å²) in [6.07, 6.45) is 4.15. The molecule has 0 aliphatic carbocycles. The van der Waals surface area contributed by atoms with E-state index in [0.29, 0.717) is 35.9 Å². The van der Waals surface area contributed by atoms with Crippen molar-refractivity contribution >= 4 is 5.91 Å². The minimum Gasteiger partial charge on any atom is -0.487 e. The number of furan rings is 1. The molecule has 3 aromatic rings. The van der Waals surface area contributed by atoms with Gasteiger partial charge in [0.15, 0.2) is 0 Å². The van der Waals surface area contributed by atoms with Gasteiger partial charge in [0.25, 0.3) is 0 Å². The standard InChI is InChI=1S/C20H20FN3O4/c1-20(2)10-15(14-4-3-13(21)9-16(14)27-20)22-17(25)5-6-18-23-19(24-28-18)12-7-8-26-11-12/h3-4,7-9,11,15H,5-6,10H2,1-2H3,(H,22,25). The third kappa shape index (κ3) is 3.90. The van der Waals surface area contributed by atoms with Crippen LogP contribution in [0.25, 0.3) is 11.4 Å². The fourth-order valence-corrected chi connectivity index (χ4v) is 3.31. The monoisotopic (exact) mass is 385 g/mol. The summed E-state index contributed by atoms with van der Waals surface area (Å²) in [7, 11) is 0. The SMILES string of the molecule is CC1(C)CC(NC(=O)CCc2nc(-c3ccoc3)no2)c2ccc(F)cc2O1. The van der Waals surface area contributed by atoms with Gasteiger partial charge in [0.1, 0.15) is 23.4 Å². The molecular formula is C20H20FN3O4. The third-order valence-corrected chi connectivity index (χ3v) is 4.58. The Hall–Kier alpha value is -3.16. The fourth-order valence-electron chi connectivity index (χ4n) is 3.31. The highest BCUT2D eigenvalue weighted by molar-refractivity contribution is 5.76. The van der Waals surface area contributed by atoms with Gasteiger partial charge in [-0.1, -0.05) is 11.2 Å². The minimum absolute atomic E-state index is 0.152. The number of hydrogen-bond donors (Lipinski definition) is 1. The third-order valence-electron chi connectivity index (χ3n) is 4.58. The van der Waals surface area contributed by atoms with Gasteiger partial charge in [-0.3, -0.25) is 4.79 Å². The van der Waals surface area contributed by atoms with Gasteiger partial charge in [0.2, 0.25) is 17.6 Å². The van der Waals surface area contributed by atoms with E-state index in [1.54, 1.807) is 12.1 Å². The number of rotatable bonds is 5. The van der Waals surface area contributed by atoms with Crippen LogP contribution in [0.4, 0.5) is 4.39 Å². The first kappa shape index (κ1) is 18.2. The minimum atomic E-state index is -0.509. The van der Waals surface area contributed by atoms with Crippen molar-refractivity contribution in [1.29, 1.82) is 0 Å². The molecule has 3 heterocycles. The molecule has 28 heavy (non-hydrogen) atoms. The van der Waals surface area contributed by atoms with Crippen LogP contribution in [0.1, 0.15) is 44.2 Å². The van der Waals surface area contributed by atoms with Gasteiger partial charge in [-0.05, 0) is 26.0 Å². The lowest BCUT2D eigenvalue weighted by Gasteiger charge is -2.37. The molecule has 1 atom stereocenters. The zero-order valence-corrected chi connectivity index (χ0v) is 15.6. The Labute approximate surface area is 160 Å². The number of carbonyl (C=O) groups excluding carboxylic acids is 1. The lowest BCUT2D eigenvalue weighted by atomic mass is 9.89. The number of benzene rings is 1. The second-order valence-corrected chi connectivity index (χ2v) is 7.39. The maximum absolute atomic E-state index is 13.6. The van der Waals surface area contributed by atoms with Crippen LogP contribution in [0.5, 0.6) is 5.75 Å². The van der Waals surface area contributed by atoms with Crippen molar-refractivity contribution in [2.75, 3.05) is 0 Å². The number of aryl methyl sites for hydroxylation is 1. The Kier molecular flexibility index (Phi) is 4.62. The summed E-state index contributed by atoms with van der Waals surface area (Å²) < 4.78 is 29.6. The number of nitrogens with zero attached hydrogens (tertiary/aromatic N) is 2. The van der Waals surface area contributed by atoms with E-state index in [-0.39, 0.29) is 24.2 Å². The summed E-state index contributed by atoms with van der Waals surface area (Å²) in [5, 5.41) is 6.89. The van der Waals surface area contributed by atoms with Crippen molar-refractivity contribution in [1.82, 2.24) is 15.5 Å². The van der Waals surface area contributed by atoms with E-state index >= 15 is 0 Å². The van der Waals surface area contributed by atoms with Crippen LogP contribution in [0.2, 0.25) is 0 Å². The number of amides is 1. The summed E-state index contributed by atoms with van der Waals surface area (Å²) in [4.78, 5) is 16.7. The summed E-state index contributed by atoms with van der Waals surface area (Å²) in [5.74, 6) is 0.739. The molecule has 2 aromatic heterocycles. The summed E-state index contributed by atoms with van der Waals surface area (Å²) >= 11 is 0. The molecule has 8 heteroatoms. The number of carbonyl (C=O) groups is 1. The van der Waals surface area contributed by atoms with Gasteiger partial charge < -0.3 is 19.0 Å². The van der Waals surface area contributed by atoms with Crippen molar-refractivity contribution in [2.24, 2.45) is 0 Å². The average molecular weight is 385 g/mol. The number of hydrogen-bond acceptors (Lipinski definition) is 6. The number of ether oxygens (including phenoxy) is 1. The predicted octanol–water partition coefficient (Wildman–Crippen LogP) is 3.82. The van der Waals surface area contributed by atoms with Crippen LogP contribution in [-0.4, -0.2) is 21.6 Å². The number of halogens is 1. The Morgan fingerprint density at radius 2 is 2.21 bits per heavy atom. The number of nitrogens with one attached hydrogen (secondary N) is 1. The van der Waals surface area contributed by atoms with Crippen molar-refractivity contribution in [3.8, 4) is 17.1 Å². The van der Waals surface area contributed by atoms with Crippen LogP contribution in [0.3, 0.4) is 0 Å². The lowest BCUT2D eigenvalue weighted by molar-refractivity contribution is -0.122. The van der Waals surface area contributed by atoms with Gasteiger partial charge in [-0.15, -0.1) is 0 Å². The van der Waals surface area contributed by atoms with Gasteiger partial charge in [0, 0.05) is 30.9 Å². The van der Waals surface area contributed by atoms with E-state index in [1.807, 2.05) is 13.8 Å². The number of aromatic nitrogens is 2. The summed E-state index contributed by atoms with van der Waals surface area (Å²) in [5.41, 5.74) is 0.979. The quantitative estimate of drug-likeness (QED) is 0.718. The van der Waals surface area contributed by atoms with Crippen molar-refractivity contribution < 1.29 is 22.9 Å². The first-order valence-electron chi connectivity index (χ1n) is 9.03. The fraction of sp³-hybridized carbons (Fsp3) is 0.350. The van der Waals surface area contributed by atoms with Gasteiger partial charge >= 0.3 is 0 Å². The topological polar surface area (TPSA) is 90.4 Å². The molecule has 1 unspecified atom stereocenters. The highest BCUT2D eigenvalue weighted by Crippen LogP contribution is 2.39. The molecule has 1 amide bonds. The molecule has 0 saturated heterocycles. The Balaban J connectivity index is 1.40. The van der Waals surface area contributed by atoms with Crippen LogP contribution >= 0.6 is 0 Å². The van der Waals surface area contributed by atoms with E-state index < -0.39 is 5.60 Å². The molecule has 0 saturated carbocycles. The maximum Gasteiger partial charge on any atom is 0.227 e. The molecule has 1 aliphatic rings. The largest absolute Gasteiger partial charge is 0.487 e. The smallest absolute Gasteiger partial charge is 0.227 e.